The Morgan fingerprint density at radius 2 is 1.79 bits per heavy atom. The molecular weight excluding hydrogens is 369 g/mol. The molecule has 4 heteroatoms. The van der Waals surface area contributed by atoms with E-state index in [4.69, 9.17) is 0 Å². The second-order valence-corrected chi connectivity index (χ2v) is 6.44. The fourth-order valence-electron chi connectivity index (χ4n) is 1.81. The SMILES string of the molecule is O=C1Nc2ccccc2S/C1=C\c1ccc(I)cc1. The van der Waals surface area contributed by atoms with E-state index in [0.717, 1.165) is 21.1 Å². The first-order valence-corrected chi connectivity index (χ1v) is 7.67. The highest BCUT2D eigenvalue weighted by Gasteiger charge is 2.20. The van der Waals surface area contributed by atoms with E-state index in [2.05, 4.69) is 27.9 Å². The molecule has 0 aromatic heterocycles. The van der Waals surface area contributed by atoms with Crippen molar-refractivity contribution in [2.24, 2.45) is 0 Å². The van der Waals surface area contributed by atoms with Crippen LogP contribution in [0.25, 0.3) is 6.08 Å². The summed E-state index contributed by atoms with van der Waals surface area (Å²) in [5.41, 5.74) is 1.93. The van der Waals surface area contributed by atoms with Gasteiger partial charge in [-0.15, -0.1) is 0 Å². The van der Waals surface area contributed by atoms with E-state index < -0.39 is 0 Å². The van der Waals surface area contributed by atoms with Crippen molar-refractivity contribution in [1.29, 1.82) is 0 Å². The van der Waals surface area contributed by atoms with E-state index in [1.165, 1.54) is 15.3 Å². The standard InChI is InChI=1S/C15H10INOS/c16-11-7-5-10(6-8-11)9-14-15(18)17-12-3-1-2-4-13(12)19-14/h1-9H,(H,17,18)/b14-9-. The number of carbonyl (C=O) groups excluding carboxylic acids is 1. The second-order valence-electron chi connectivity index (χ2n) is 4.11. The van der Waals surface area contributed by atoms with E-state index in [9.17, 15) is 4.79 Å². The highest BCUT2D eigenvalue weighted by molar-refractivity contribution is 14.1. The van der Waals surface area contributed by atoms with Crippen LogP contribution in [0.15, 0.2) is 58.3 Å². The van der Waals surface area contributed by atoms with Gasteiger partial charge in [-0.25, -0.2) is 0 Å². The van der Waals surface area contributed by atoms with Gasteiger partial charge >= 0.3 is 0 Å². The summed E-state index contributed by atoms with van der Waals surface area (Å²) in [6.45, 7) is 0. The molecule has 0 unspecified atom stereocenters. The van der Waals surface area contributed by atoms with Gasteiger partial charge in [0.15, 0.2) is 0 Å². The molecule has 0 saturated heterocycles. The topological polar surface area (TPSA) is 29.1 Å². The van der Waals surface area contributed by atoms with Gasteiger partial charge in [-0.1, -0.05) is 36.0 Å². The molecule has 1 aliphatic rings. The molecule has 0 radical (unpaired) electrons. The molecule has 2 nitrogen and oxygen atoms in total. The molecule has 2 aromatic rings. The number of carbonyl (C=O) groups is 1. The van der Waals surface area contributed by atoms with Crippen LogP contribution in [0.2, 0.25) is 0 Å². The van der Waals surface area contributed by atoms with Gasteiger partial charge in [0.25, 0.3) is 5.91 Å². The van der Waals surface area contributed by atoms with Crippen LogP contribution in [-0.4, -0.2) is 5.91 Å². The summed E-state index contributed by atoms with van der Waals surface area (Å²) in [5, 5.41) is 2.91. The Balaban J connectivity index is 1.94. The van der Waals surface area contributed by atoms with Crippen molar-refractivity contribution >= 4 is 52.0 Å². The molecule has 19 heavy (non-hydrogen) atoms. The van der Waals surface area contributed by atoms with Crippen molar-refractivity contribution in [2.75, 3.05) is 5.32 Å². The Hall–Kier alpha value is -1.27. The van der Waals surface area contributed by atoms with Crippen molar-refractivity contribution in [1.82, 2.24) is 0 Å². The Morgan fingerprint density at radius 3 is 2.58 bits per heavy atom. The number of thioether (sulfide) groups is 1. The normalized spacial score (nSPS) is 16.1. The molecule has 1 amide bonds. The Kier molecular flexibility index (Phi) is 3.61. The molecule has 0 aliphatic carbocycles. The minimum Gasteiger partial charge on any atom is -0.320 e. The van der Waals surface area contributed by atoms with Crippen molar-refractivity contribution in [3.63, 3.8) is 0 Å². The third-order valence-corrected chi connectivity index (χ3v) is 4.56. The van der Waals surface area contributed by atoms with Gasteiger partial charge in [0.2, 0.25) is 0 Å². The lowest BCUT2D eigenvalue weighted by Crippen LogP contribution is -2.17. The highest BCUT2D eigenvalue weighted by atomic mass is 127. The summed E-state index contributed by atoms with van der Waals surface area (Å²) >= 11 is 3.78. The third-order valence-electron chi connectivity index (χ3n) is 2.75. The van der Waals surface area contributed by atoms with E-state index in [-0.39, 0.29) is 5.91 Å². The Labute approximate surface area is 129 Å². The molecule has 1 N–H and O–H groups in total. The number of para-hydroxylation sites is 1. The van der Waals surface area contributed by atoms with Crippen LogP contribution in [0.4, 0.5) is 5.69 Å². The van der Waals surface area contributed by atoms with Crippen LogP contribution >= 0.6 is 34.4 Å². The van der Waals surface area contributed by atoms with Crippen LogP contribution in [0.3, 0.4) is 0 Å². The van der Waals surface area contributed by atoms with Gasteiger partial charge in [0, 0.05) is 8.47 Å². The summed E-state index contributed by atoms with van der Waals surface area (Å²) in [6, 6.07) is 15.9. The number of halogens is 1. The van der Waals surface area contributed by atoms with Gasteiger partial charge in [-0.3, -0.25) is 4.79 Å². The fourth-order valence-corrected chi connectivity index (χ4v) is 3.12. The Morgan fingerprint density at radius 1 is 1.05 bits per heavy atom. The van der Waals surface area contributed by atoms with Crippen LogP contribution in [0.5, 0.6) is 0 Å². The van der Waals surface area contributed by atoms with E-state index >= 15 is 0 Å². The van der Waals surface area contributed by atoms with E-state index in [0.29, 0.717) is 0 Å². The predicted molar refractivity (Wildman–Crippen MR) is 88.1 cm³/mol. The predicted octanol–water partition coefficient (Wildman–Crippen LogP) is 4.38. The number of hydrogen-bond acceptors (Lipinski definition) is 2. The molecule has 0 saturated carbocycles. The average Bonchev–Trinajstić information content (AvgIpc) is 2.42. The monoisotopic (exact) mass is 379 g/mol. The molecule has 1 heterocycles. The van der Waals surface area contributed by atoms with Gasteiger partial charge in [0.05, 0.1) is 10.6 Å². The molecule has 2 aromatic carbocycles. The summed E-state index contributed by atoms with van der Waals surface area (Å²) in [5.74, 6) is -0.0396. The second kappa shape index (κ2) is 5.38. The van der Waals surface area contributed by atoms with Gasteiger partial charge in [-0.05, 0) is 58.5 Å². The summed E-state index contributed by atoms with van der Waals surface area (Å²) in [6.07, 6.45) is 1.92. The quantitative estimate of drug-likeness (QED) is 0.589. The number of rotatable bonds is 1. The number of fused-ring (bicyclic) bond motifs is 1. The lowest BCUT2D eigenvalue weighted by Gasteiger charge is -2.18. The first-order valence-electron chi connectivity index (χ1n) is 5.78. The number of hydrogen-bond donors (Lipinski definition) is 1. The number of benzene rings is 2. The van der Waals surface area contributed by atoms with Crippen LogP contribution < -0.4 is 5.32 Å². The lowest BCUT2D eigenvalue weighted by atomic mass is 10.2. The van der Waals surface area contributed by atoms with Crippen LogP contribution in [-0.2, 0) is 4.79 Å². The first-order chi connectivity index (χ1) is 9.22. The molecule has 0 atom stereocenters. The van der Waals surface area contributed by atoms with Crippen molar-refractivity contribution in [2.45, 2.75) is 4.90 Å². The molecule has 1 aliphatic heterocycles. The minimum absolute atomic E-state index is 0.0396. The Bertz CT molecular complexity index is 664. The maximum atomic E-state index is 12.0. The maximum absolute atomic E-state index is 12.0. The molecule has 94 valence electrons. The highest BCUT2D eigenvalue weighted by Crippen LogP contribution is 2.38. The van der Waals surface area contributed by atoms with E-state index in [1.54, 1.807) is 0 Å². The van der Waals surface area contributed by atoms with Crippen molar-refractivity contribution in [3.05, 3.63) is 62.6 Å². The number of nitrogens with one attached hydrogen (secondary N) is 1. The molecule has 0 bridgehead atoms. The van der Waals surface area contributed by atoms with Crippen LogP contribution in [0.1, 0.15) is 5.56 Å². The lowest BCUT2D eigenvalue weighted by molar-refractivity contribution is -0.112. The molecule has 3 rings (SSSR count). The zero-order valence-electron chi connectivity index (χ0n) is 9.89. The van der Waals surface area contributed by atoms with Gasteiger partial charge in [0.1, 0.15) is 0 Å². The summed E-state index contributed by atoms with van der Waals surface area (Å²) < 4.78 is 1.19. The van der Waals surface area contributed by atoms with Gasteiger partial charge < -0.3 is 5.32 Å². The van der Waals surface area contributed by atoms with Crippen LogP contribution in [0, 0.1) is 3.57 Å². The van der Waals surface area contributed by atoms with Gasteiger partial charge in [-0.2, -0.15) is 0 Å². The molecular formula is C15H10INOS. The minimum atomic E-state index is -0.0396. The first kappa shape index (κ1) is 12.7. The summed E-state index contributed by atoms with van der Waals surface area (Å²) in [4.78, 5) is 13.8. The largest absolute Gasteiger partial charge is 0.320 e. The number of amides is 1. The maximum Gasteiger partial charge on any atom is 0.262 e. The number of anilines is 1. The zero-order valence-corrected chi connectivity index (χ0v) is 12.9. The zero-order chi connectivity index (χ0) is 13.2. The molecule has 0 fully saturated rings. The fraction of sp³-hybridized carbons (Fsp3) is 0. The average molecular weight is 379 g/mol. The third kappa shape index (κ3) is 2.84. The van der Waals surface area contributed by atoms with Crippen molar-refractivity contribution in [3.8, 4) is 0 Å². The van der Waals surface area contributed by atoms with E-state index in [1.807, 2.05) is 54.6 Å². The smallest absolute Gasteiger partial charge is 0.262 e. The van der Waals surface area contributed by atoms with Crippen molar-refractivity contribution < 1.29 is 4.79 Å². The molecule has 0 spiro atoms. The summed E-state index contributed by atoms with van der Waals surface area (Å²) in [7, 11) is 0.